The van der Waals surface area contributed by atoms with E-state index in [2.05, 4.69) is 4.90 Å². The van der Waals surface area contributed by atoms with Gasteiger partial charge in [0.25, 0.3) is 0 Å². The predicted octanol–water partition coefficient (Wildman–Crippen LogP) is 1.42. The molecule has 1 rings (SSSR count). The van der Waals surface area contributed by atoms with Gasteiger partial charge in [-0.2, -0.15) is 0 Å². The van der Waals surface area contributed by atoms with Crippen LogP contribution in [0.25, 0.3) is 0 Å². The van der Waals surface area contributed by atoms with Crippen LogP contribution in [0, 0.1) is 0 Å². The molecule has 3 heteroatoms. The van der Waals surface area contributed by atoms with E-state index in [-0.39, 0.29) is 12.6 Å². The van der Waals surface area contributed by atoms with Crippen LogP contribution < -0.4 is 0 Å². The lowest BCUT2D eigenvalue weighted by Gasteiger charge is -2.32. The predicted molar refractivity (Wildman–Crippen MR) is 65.2 cm³/mol. The van der Waals surface area contributed by atoms with Crippen LogP contribution in [0.4, 0.5) is 0 Å². The zero-order chi connectivity index (χ0) is 12.0. The summed E-state index contributed by atoms with van der Waals surface area (Å²) in [6, 6.07) is 9.26. The van der Waals surface area contributed by atoms with Gasteiger partial charge in [0.2, 0.25) is 0 Å². The highest BCUT2D eigenvalue weighted by atomic mass is 16.3. The largest absolute Gasteiger partial charge is 0.395 e. The Morgan fingerprint density at radius 2 is 1.69 bits per heavy atom. The fraction of sp³-hybridized carbons (Fsp3) is 0.538. The zero-order valence-electron chi connectivity index (χ0n) is 10.0. The first-order valence-corrected chi connectivity index (χ1v) is 5.82. The molecule has 2 N–H and O–H groups in total. The molecule has 0 spiro atoms. The molecular weight excluding hydrogens is 202 g/mol. The Hall–Kier alpha value is -0.900. The molecule has 0 radical (unpaired) electrons. The average molecular weight is 223 g/mol. The molecule has 0 unspecified atom stereocenters. The van der Waals surface area contributed by atoms with E-state index < -0.39 is 6.10 Å². The van der Waals surface area contributed by atoms with Crippen molar-refractivity contribution in [1.82, 2.24) is 4.90 Å². The molecule has 0 fully saturated rings. The van der Waals surface area contributed by atoms with E-state index in [0.717, 1.165) is 18.7 Å². The molecule has 16 heavy (non-hydrogen) atoms. The van der Waals surface area contributed by atoms with Gasteiger partial charge in [0, 0.05) is 0 Å². The molecule has 1 aromatic carbocycles. The smallest absolute Gasteiger partial charge is 0.0967 e. The van der Waals surface area contributed by atoms with Crippen LogP contribution in [0.1, 0.15) is 25.5 Å². The zero-order valence-corrected chi connectivity index (χ0v) is 10.0. The third-order valence-electron chi connectivity index (χ3n) is 2.97. The molecule has 0 saturated heterocycles. The van der Waals surface area contributed by atoms with Crippen LogP contribution in [0.15, 0.2) is 30.3 Å². The van der Waals surface area contributed by atoms with Gasteiger partial charge >= 0.3 is 0 Å². The van der Waals surface area contributed by atoms with Gasteiger partial charge in [-0.3, -0.25) is 4.90 Å². The highest BCUT2D eigenvalue weighted by molar-refractivity contribution is 5.18. The summed E-state index contributed by atoms with van der Waals surface area (Å²) in [6.07, 6.45) is -0.633. The molecule has 3 nitrogen and oxygen atoms in total. The summed E-state index contributed by atoms with van der Waals surface area (Å²) in [5.74, 6) is 0. The summed E-state index contributed by atoms with van der Waals surface area (Å²) in [5, 5.41) is 19.6. The minimum atomic E-state index is -0.633. The van der Waals surface area contributed by atoms with Gasteiger partial charge in [0.1, 0.15) is 0 Å². The first kappa shape index (κ1) is 13.2. The van der Waals surface area contributed by atoms with E-state index in [1.54, 1.807) is 0 Å². The standard InChI is InChI=1S/C13H21NO2/c1-3-14(4-2)12(10-15)13(16)11-8-6-5-7-9-11/h5-9,12-13,15-16H,3-4,10H2,1-2H3/t12-,13+/m1/s1. The van der Waals surface area contributed by atoms with Crippen molar-refractivity contribution in [2.75, 3.05) is 19.7 Å². The molecule has 0 amide bonds. The quantitative estimate of drug-likeness (QED) is 0.766. The van der Waals surface area contributed by atoms with E-state index in [4.69, 9.17) is 0 Å². The maximum absolute atomic E-state index is 10.2. The second-order valence-electron chi connectivity index (χ2n) is 3.83. The lowest BCUT2D eigenvalue weighted by Crippen LogP contribution is -2.42. The number of benzene rings is 1. The molecule has 0 bridgehead atoms. The summed E-state index contributed by atoms with van der Waals surface area (Å²) < 4.78 is 0. The molecule has 0 aliphatic rings. The fourth-order valence-electron chi connectivity index (χ4n) is 1.98. The minimum Gasteiger partial charge on any atom is -0.395 e. The molecular formula is C13H21NO2. The van der Waals surface area contributed by atoms with Gasteiger partial charge < -0.3 is 10.2 Å². The molecule has 1 aromatic rings. The van der Waals surface area contributed by atoms with Crippen LogP contribution in [-0.4, -0.2) is 40.9 Å². The van der Waals surface area contributed by atoms with Gasteiger partial charge in [-0.25, -0.2) is 0 Å². The van der Waals surface area contributed by atoms with Gasteiger partial charge in [0.05, 0.1) is 18.8 Å². The van der Waals surface area contributed by atoms with Gasteiger partial charge in [-0.15, -0.1) is 0 Å². The maximum Gasteiger partial charge on any atom is 0.0967 e. The van der Waals surface area contributed by atoms with Crippen molar-refractivity contribution in [2.24, 2.45) is 0 Å². The van der Waals surface area contributed by atoms with Gasteiger partial charge in [-0.1, -0.05) is 44.2 Å². The van der Waals surface area contributed by atoms with Gasteiger partial charge in [0.15, 0.2) is 0 Å². The third kappa shape index (κ3) is 3.04. The Balaban J connectivity index is 2.80. The Morgan fingerprint density at radius 1 is 1.12 bits per heavy atom. The number of aliphatic hydroxyl groups excluding tert-OH is 2. The third-order valence-corrected chi connectivity index (χ3v) is 2.97. The SMILES string of the molecule is CCN(CC)[C@H](CO)[C@@H](O)c1ccccc1. The lowest BCUT2D eigenvalue weighted by atomic mass is 10.0. The summed E-state index contributed by atoms with van der Waals surface area (Å²) in [5.41, 5.74) is 0.855. The number of hydrogen-bond donors (Lipinski definition) is 2. The van der Waals surface area contributed by atoms with Crippen LogP contribution in [0.5, 0.6) is 0 Å². The van der Waals surface area contributed by atoms with Crippen LogP contribution in [-0.2, 0) is 0 Å². The Morgan fingerprint density at radius 3 is 2.12 bits per heavy atom. The van der Waals surface area contributed by atoms with E-state index in [1.165, 1.54) is 0 Å². The summed E-state index contributed by atoms with van der Waals surface area (Å²) >= 11 is 0. The van der Waals surface area contributed by atoms with Crippen molar-refractivity contribution >= 4 is 0 Å². The molecule has 0 aliphatic carbocycles. The number of nitrogens with zero attached hydrogens (tertiary/aromatic N) is 1. The van der Waals surface area contributed by atoms with Crippen molar-refractivity contribution < 1.29 is 10.2 Å². The van der Waals surface area contributed by atoms with E-state index in [9.17, 15) is 10.2 Å². The highest BCUT2D eigenvalue weighted by Gasteiger charge is 2.24. The summed E-state index contributed by atoms with van der Waals surface area (Å²) in [4.78, 5) is 2.07. The van der Waals surface area contributed by atoms with E-state index in [1.807, 2.05) is 44.2 Å². The van der Waals surface area contributed by atoms with E-state index >= 15 is 0 Å². The first-order chi connectivity index (χ1) is 7.74. The molecule has 0 heterocycles. The molecule has 0 aromatic heterocycles. The second kappa shape index (κ2) is 6.63. The van der Waals surface area contributed by atoms with Crippen molar-refractivity contribution in [3.8, 4) is 0 Å². The van der Waals surface area contributed by atoms with Crippen molar-refractivity contribution in [2.45, 2.75) is 26.0 Å². The van der Waals surface area contributed by atoms with E-state index in [0.29, 0.717) is 0 Å². The lowest BCUT2D eigenvalue weighted by molar-refractivity contribution is 0.0194. The molecule has 2 atom stereocenters. The summed E-state index contributed by atoms with van der Waals surface area (Å²) in [7, 11) is 0. The first-order valence-electron chi connectivity index (χ1n) is 5.82. The molecule has 0 aliphatic heterocycles. The van der Waals surface area contributed by atoms with Crippen LogP contribution in [0.3, 0.4) is 0 Å². The highest BCUT2D eigenvalue weighted by Crippen LogP contribution is 2.20. The number of likely N-dealkylation sites (N-methyl/N-ethyl adjacent to an activating group) is 1. The number of aliphatic hydroxyl groups is 2. The minimum absolute atomic E-state index is 0.0300. The topological polar surface area (TPSA) is 43.7 Å². The number of hydrogen-bond acceptors (Lipinski definition) is 3. The van der Waals surface area contributed by atoms with Crippen LogP contribution >= 0.6 is 0 Å². The molecule has 90 valence electrons. The van der Waals surface area contributed by atoms with Crippen molar-refractivity contribution in [3.05, 3.63) is 35.9 Å². The monoisotopic (exact) mass is 223 g/mol. The Labute approximate surface area is 97.3 Å². The van der Waals surface area contributed by atoms with Crippen molar-refractivity contribution in [3.63, 3.8) is 0 Å². The fourth-order valence-corrected chi connectivity index (χ4v) is 1.98. The molecule has 0 saturated carbocycles. The van der Waals surface area contributed by atoms with Crippen molar-refractivity contribution in [1.29, 1.82) is 0 Å². The van der Waals surface area contributed by atoms with Crippen LogP contribution in [0.2, 0.25) is 0 Å². The Kier molecular flexibility index (Phi) is 5.46. The summed E-state index contributed by atoms with van der Waals surface area (Å²) in [6.45, 7) is 5.68. The normalized spacial score (nSPS) is 15.1. The Bertz CT molecular complexity index is 285. The second-order valence-corrected chi connectivity index (χ2v) is 3.83. The maximum atomic E-state index is 10.2. The average Bonchev–Trinajstić information content (AvgIpc) is 2.36. The van der Waals surface area contributed by atoms with Gasteiger partial charge in [-0.05, 0) is 18.7 Å². The number of rotatable bonds is 6.